The predicted octanol–water partition coefficient (Wildman–Crippen LogP) is 3.90. The molecule has 0 N–H and O–H groups in total. The molecule has 2 atom stereocenters. The molecule has 15 heavy (non-hydrogen) atoms. The van der Waals surface area contributed by atoms with Gasteiger partial charge in [0.1, 0.15) is 0 Å². The quantitative estimate of drug-likeness (QED) is 0.602. The van der Waals surface area contributed by atoms with E-state index in [4.69, 9.17) is 15.8 Å². The second-order valence-electron chi connectivity index (χ2n) is 6.07. The van der Waals surface area contributed by atoms with Crippen molar-refractivity contribution in [1.82, 2.24) is 4.67 Å². The molecule has 3 aliphatic rings. The van der Waals surface area contributed by atoms with Crippen LogP contribution in [0.1, 0.15) is 46.0 Å². The topological polar surface area (TPSA) is 12.5 Å². The van der Waals surface area contributed by atoms with Gasteiger partial charge in [-0.05, 0) is 35.9 Å². The van der Waals surface area contributed by atoms with Crippen LogP contribution in [0.25, 0.3) is 0 Å². The van der Waals surface area contributed by atoms with Crippen LogP contribution in [0, 0.1) is 5.41 Å². The van der Waals surface area contributed by atoms with Gasteiger partial charge >= 0.3 is 0 Å². The van der Waals surface area contributed by atoms with E-state index in [2.05, 4.69) is 18.5 Å². The van der Waals surface area contributed by atoms with E-state index >= 15 is 0 Å². The van der Waals surface area contributed by atoms with E-state index in [0.29, 0.717) is 11.5 Å². The molecule has 0 aromatic carbocycles. The van der Waals surface area contributed by atoms with E-state index in [-0.39, 0.29) is 5.60 Å². The molecular weight excluding hydrogens is 229 g/mol. The zero-order valence-corrected chi connectivity index (χ0v) is 11.2. The van der Waals surface area contributed by atoms with Crippen molar-refractivity contribution in [1.29, 1.82) is 0 Å². The molecule has 2 aliphatic heterocycles. The molecule has 2 nitrogen and oxygen atoms in total. The van der Waals surface area contributed by atoms with Gasteiger partial charge in [0.2, 0.25) is 7.65 Å². The average molecular weight is 248 g/mol. The lowest BCUT2D eigenvalue weighted by Gasteiger charge is -2.29. The summed E-state index contributed by atoms with van der Waals surface area (Å²) in [7, 11) is -0.818. The molecule has 0 amide bonds. The van der Waals surface area contributed by atoms with E-state index in [9.17, 15) is 0 Å². The Hall–Kier alpha value is 0.640. The highest BCUT2D eigenvalue weighted by molar-refractivity contribution is 7.78. The van der Waals surface area contributed by atoms with E-state index in [0.717, 1.165) is 6.54 Å². The Bertz CT molecular complexity index is 278. The van der Waals surface area contributed by atoms with Crippen molar-refractivity contribution in [3.8, 4) is 0 Å². The van der Waals surface area contributed by atoms with Crippen LogP contribution >= 0.6 is 18.9 Å². The van der Waals surface area contributed by atoms with Crippen LogP contribution in [-0.4, -0.2) is 22.9 Å². The van der Waals surface area contributed by atoms with Gasteiger partial charge in [0, 0.05) is 12.6 Å². The van der Waals surface area contributed by atoms with Gasteiger partial charge in [-0.3, -0.25) is 0 Å². The fourth-order valence-corrected chi connectivity index (χ4v) is 6.13. The summed E-state index contributed by atoms with van der Waals surface area (Å²) >= 11 is 6.38. The summed E-state index contributed by atoms with van der Waals surface area (Å²) in [6, 6.07) is 0.610. The van der Waals surface area contributed by atoms with Gasteiger partial charge in [-0.1, -0.05) is 26.7 Å². The largest absolute Gasteiger partial charge is 0.323 e. The summed E-state index contributed by atoms with van der Waals surface area (Å²) in [4.78, 5) is 0. The van der Waals surface area contributed by atoms with Gasteiger partial charge in [0.05, 0.1) is 5.60 Å². The molecule has 1 aliphatic carbocycles. The molecule has 0 bridgehead atoms. The number of halogens is 1. The van der Waals surface area contributed by atoms with Crippen molar-refractivity contribution in [3.63, 3.8) is 0 Å². The molecule has 1 spiro atoms. The Morgan fingerprint density at radius 1 is 1.33 bits per heavy atom. The second kappa shape index (κ2) is 3.32. The first-order chi connectivity index (χ1) is 7.03. The van der Waals surface area contributed by atoms with Gasteiger partial charge in [-0.25, -0.2) is 4.67 Å². The number of nitrogens with zero attached hydrogens (tertiary/aromatic N) is 1. The molecular formula is C11H19ClNOP. The van der Waals surface area contributed by atoms with Crippen LogP contribution in [0.5, 0.6) is 0 Å². The summed E-state index contributed by atoms with van der Waals surface area (Å²) in [5, 5.41) is 0. The van der Waals surface area contributed by atoms with Crippen molar-refractivity contribution >= 4 is 18.9 Å². The van der Waals surface area contributed by atoms with Crippen molar-refractivity contribution in [2.24, 2.45) is 5.41 Å². The smallest absolute Gasteiger partial charge is 0.207 e. The fourth-order valence-electron chi connectivity index (χ4n) is 3.53. The Balaban J connectivity index is 1.89. The summed E-state index contributed by atoms with van der Waals surface area (Å²) in [5.74, 6) is 0. The molecule has 3 fully saturated rings. The monoisotopic (exact) mass is 247 g/mol. The number of rotatable bonds is 0. The maximum atomic E-state index is 6.38. The summed E-state index contributed by atoms with van der Waals surface area (Å²) in [6.45, 7) is 5.83. The third-order valence-electron chi connectivity index (χ3n) is 4.21. The minimum absolute atomic E-state index is 0.140. The number of hydrogen-bond acceptors (Lipinski definition) is 2. The first-order valence-corrected chi connectivity index (χ1v) is 8.06. The van der Waals surface area contributed by atoms with Gasteiger partial charge in [-0.2, -0.15) is 0 Å². The molecule has 4 heteroatoms. The van der Waals surface area contributed by atoms with E-state index in [1.165, 1.54) is 32.1 Å². The third kappa shape index (κ3) is 1.57. The van der Waals surface area contributed by atoms with E-state index in [1.807, 2.05) is 0 Å². The van der Waals surface area contributed by atoms with Crippen LogP contribution in [0.15, 0.2) is 0 Å². The summed E-state index contributed by atoms with van der Waals surface area (Å²) < 4.78 is 8.57. The SMILES string of the molecule is CC1(C)C[C@@H]2N(C1)P(Cl)OC21CCCC1. The molecule has 2 saturated heterocycles. The van der Waals surface area contributed by atoms with Crippen molar-refractivity contribution in [3.05, 3.63) is 0 Å². The average Bonchev–Trinajstić information content (AvgIpc) is 2.74. The highest BCUT2D eigenvalue weighted by atomic mass is 35.7. The number of fused-ring (bicyclic) bond motifs is 2. The maximum absolute atomic E-state index is 6.38. The highest BCUT2D eigenvalue weighted by Crippen LogP contribution is 2.67. The molecule has 3 rings (SSSR count). The lowest BCUT2D eigenvalue weighted by atomic mass is 9.83. The second-order valence-corrected chi connectivity index (χ2v) is 8.09. The first kappa shape index (κ1) is 10.8. The van der Waals surface area contributed by atoms with Gasteiger partial charge in [0.25, 0.3) is 0 Å². The minimum atomic E-state index is -0.818. The molecule has 0 radical (unpaired) electrons. The third-order valence-corrected chi connectivity index (χ3v) is 6.34. The van der Waals surface area contributed by atoms with E-state index < -0.39 is 7.65 Å². The standard InChI is InChI=1S/C11H19ClNOP/c1-10(2)7-9-11(5-3-4-6-11)14-15(12)13(9)8-10/h9H,3-8H2,1-2H3/t9-,15?/m0/s1. The van der Waals surface area contributed by atoms with Crippen LogP contribution in [0.2, 0.25) is 0 Å². The molecule has 0 aromatic rings. The maximum Gasteiger partial charge on any atom is 0.207 e. The Morgan fingerprint density at radius 3 is 2.67 bits per heavy atom. The molecule has 2 heterocycles. The first-order valence-electron chi connectivity index (χ1n) is 5.94. The predicted molar refractivity (Wildman–Crippen MR) is 63.9 cm³/mol. The van der Waals surface area contributed by atoms with Crippen molar-refractivity contribution in [2.45, 2.75) is 57.6 Å². The molecule has 1 saturated carbocycles. The van der Waals surface area contributed by atoms with E-state index in [1.54, 1.807) is 0 Å². The minimum Gasteiger partial charge on any atom is -0.323 e. The van der Waals surface area contributed by atoms with Crippen molar-refractivity contribution < 1.29 is 4.52 Å². The van der Waals surface area contributed by atoms with Crippen LogP contribution in [0.4, 0.5) is 0 Å². The lowest BCUT2D eigenvalue weighted by molar-refractivity contribution is 0.0744. The van der Waals surface area contributed by atoms with Crippen LogP contribution in [-0.2, 0) is 4.52 Å². The summed E-state index contributed by atoms with van der Waals surface area (Å²) in [6.07, 6.45) is 6.37. The lowest BCUT2D eigenvalue weighted by Crippen LogP contribution is -2.39. The Kier molecular flexibility index (Phi) is 2.38. The van der Waals surface area contributed by atoms with Gasteiger partial charge in [-0.15, -0.1) is 0 Å². The van der Waals surface area contributed by atoms with Crippen LogP contribution in [0.3, 0.4) is 0 Å². The zero-order chi connectivity index (χ0) is 10.7. The van der Waals surface area contributed by atoms with Gasteiger partial charge in [0.15, 0.2) is 0 Å². The fraction of sp³-hybridized carbons (Fsp3) is 1.00. The Labute approximate surface area is 98.0 Å². The molecule has 1 unspecified atom stereocenters. The molecule has 86 valence electrons. The Morgan fingerprint density at radius 2 is 2.00 bits per heavy atom. The zero-order valence-electron chi connectivity index (χ0n) is 9.50. The highest BCUT2D eigenvalue weighted by Gasteiger charge is 2.59. The van der Waals surface area contributed by atoms with Crippen LogP contribution < -0.4 is 0 Å². The normalized spacial score (nSPS) is 42.6. The molecule has 0 aromatic heterocycles. The van der Waals surface area contributed by atoms with Crippen molar-refractivity contribution in [2.75, 3.05) is 6.54 Å². The number of hydrogen-bond donors (Lipinski definition) is 0. The summed E-state index contributed by atoms with van der Waals surface area (Å²) in [5.41, 5.74) is 0.570. The van der Waals surface area contributed by atoms with Gasteiger partial charge < -0.3 is 4.52 Å².